The number of rotatable bonds is 1. The van der Waals surface area contributed by atoms with Gasteiger partial charge in [-0.3, -0.25) is 0 Å². The fourth-order valence-corrected chi connectivity index (χ4v) is 0.968. The van der Waals surface area contributed by atoms with Crippen molar-refractivity contribution in [2.75, 3.05) is 0 Å². The number of benzene rings is 1. The Labute approximate surface area is 76.6 Å². The summed E-state index contributed by atoms with van der Waals surface area (Å²) in [6.45, 7) is 3.55. The summed E-state index contributed by atoms with van der Waals surface area (Å²) < 4.78 is 25.4. The highest BCUT2D eigenvalue weighted by molar-refractivity contribution is 5.32. The van der Waals surface area contributed by atoms with E-state index in [0.717, 1.165) is 12.1 Å². The number of hydrogen-bond acceptors (Lipinski definition) is 0. The van der Waals surface area contributed by atoms with E-state index in [9.17, 15) is 8.78 Å². The van der Waals surface area contributed by atoms with E-state index in [-0.39, 0.29) is 0 Å². The van der Waals surface area contributed by atoms with Gasteiger partial charge < -0.3 is 0 Å². The molecule has 0 aliphatic carbocycles. The highest BCUT2D eigenvalue weighted by atomic mass is 19.2. The molecule has 0 saturated heterocycles. The highest BCUT2D eigenvalue weighted by Gasteiger charge is 2.18. The van der Waals surface area contributed by atoms with Gasteiger partial charge in [0.25, 0.3) is 0 Å². The molecular formula is C11H10F2. The summed E-state index contributed by atoms with van der Waals surface area (Å²) in [5.41, 5.74) is 0.0445. The summed E-state index contributed by atoms with van der Waals surface area (Å²) in [6.07, 6.45) is 5.26. The van der Waals surface area contributed by atoms with Crippen molar-refractivity contribution in [3.05, 3.63) is 35.4 Å². The third-order valence-corrected chi connectivity index (χ3v) is 2.00. The van der Waals surface area contributed by atoms with Crippen LogP contribution in [0.4, 0.5) is 8.78 Å². The molecule has 2 heteroatoms. The van der Waals surface area contributed by atoms with Gasteiger partial charge in [0, 0.05) is 0 Å². The van der Waals surface area contributed by atoms with Crippen LogP contribution in [-0.2, 0) is 5.41 Å². The Morgan fingerprint density at radius 2 is 1.85 bits per heavy atom. The Morgan fingerprint density at radius 1 is 1.23 bits per heavy atom. The second-order valence-corrected chi connectivity index (χ2v) is 3.40. The first kappa shape index (κ1) is 9.73. The molecule has 0 heterocycles. The average molecular weight is 180 g/mol. The molecule has 0 fully saturated rings. The predicted octanol–water partition coefficient (Wildman–Crippen LogP) is 2.88. The normalized spacial score (nSPS) is 11.0. The Bertz CT molecular complexity index is 359. The molecule has 1 aromatic rings. The molecule has 0 unspecified atom stereocenters. The molecule has 0 amide bonds. The van der Waals surface area contributed by atoms with Gasteiger partial charge in [0.15, 0.2) is 11.6 Å². The first-order valence-corrected chi connectivity index (χ1v) is 3.90. The minimum atomic E-state index is -0.860. The number of terminal acetylenes is 1. The van der Waals surface area contributed by atoms with Crippen LogP contribution in [0.1, 0.15) is 19.4 Å². The smallest absolute Gasteiger partial charge is 0.159 e. The summed E-state index contributed by atoms with van der Waals surface area (Å²) >= 11 is 0. The molecule has 0 radical (unpaired) electrons. The topological polar surface area (TPSA) is 0 Å². The molecule has 68 valence electrons. The maximum Gasteiger partial charge on any atom is 0.159 e. The quantitative estimate of drug-likeness (QED) is 0.583. The number of hydrogen-bond donors (Lipinski definition) is 0. The second kappa shape index (κ2) is 3.18. The lowest BCUT2D eigenvalue weighted by Gasteiger charge is -2.17. The molecule has 0 nitrogen and oxygen atoms in total. The lowest BCUT2D eigenvalue weighted by Crippen LogP contribution is -2.14. The molecule has 0 N–H and O–H groups in total. The maximum absolute atomic E-state index is 12.8. The van der Waals surface area contributed by atoms with E-state index in [1.54, 1.807) is 13.8 Å². The van der Waals surface area contributed by atoms with Crippen molar-refractivity contribution >= 4 is 0 Å². The van der Waals surface area contributed by atoms with Crippen molar-refractivity contribution in [1.29, 1.82) is 0 Å². The molecule has 13 heavy (non-hydrogen) atoms. The molecule has 0 aromatic heterocycles. The van der Waals surface area contributed by atoms with Crippen LogP contribution in [0.15, 0.2) is 18.2 Å². The Kier molecular flexibility index (Phi) is 2.38. The molecule has 1 aromatic carbocycles. The van der Waals surface area contributed by atoms with Gasteiger partial charge >= 0.3 is 0 Å². The van der Waals surface area contributed by atoms with Crippen molar-refractivity contribution in [1.82, 2.24) is 0 Å². The van der Waals surface area contributed by atoms with Gasteiger partial charge in [0.2, 0.25) is 0 Å². The SMILES string of the molecule is C#CC(C)(C)c1ccc(F)c(F)c1. The van der Waals surface area contributed by atoms with Gasteiger partial charge in [-0.2, -0.15) is 0 Å². The molecule has 0 bridgehead atoms. The van der Waals surface area contributed by atoms with Crippen molar-refractivity contribution in [3.8, 4) is 12.3 Å². The third kappa shape index (κ3) is 1.86. The van der Waals surface area contributed by atoms with Crippen molar-refractivity contribution in [2.45, 2.75) is 19.3 Å². The van der Waals surface area contributed by atoms with E-state index in [1.165, 1.54) is 6.07 Å². The van der Waals surface area contributed by atoms with E-state index in [1.807, 2.05) is 0 Å². The Hall–Kier alpha value is -1.36. The standard InChI is InChI=1S/C11H10F2/c1-4-11(2,3)8-5-6-9(12)10(13)7-8/h1,5-7H,2-3H3. The lowest BCUT2D eigenvalue weighted by atomic mass is 9.86. The van der Waals surface area contributed by atoms with Crippen LogP contribution in [-0.4, -0.2) is 0 Å². The molecule has 0 aliphatic rings. The zero-order valence-electron chi connectivity index (χ0n) is 7.57. The maximum atomic E-state index is 12.8. The lowest BCUT2D eigenvalue weighted by molar-refractivity contribution is 0.504. The van der Waals surface area contributed by atoms with Gasteiger partial charge in [0.1, 0.15) is 0 Å². The van der Waals surface area contributed by atoms with Gasteiger partial charge in [-0.15, -0.1) is 6.42 Å². The van der Waals surface area contributed by atoms with Crippen LogP contribution < -0.4 is 0 Å². The van der Waals surface area contributed by atoms with Crippen LogP contribution in [0.5, 0.6) is 0 Å². The molecule has 0 spiro atoms. The molecular weight excluding hydrogens is 170 g/mol. The van der Waals surface area contributed by atoms with Gasteiger partial charge in [-0.05, 0) is 31.5 Å². The van der Waals surface area contributed by atoms with Crippen LogP contribution in [0.25, 0.3) is 0 Å². The van der Waals surface area contributed by atoms with Gasteiger partial charge in [-0.1, -0.05) is 12.0 Å². The summed E-state index contributed by atoms with van der Waals surface area (Å²) in [6, 6.07) is 3.72. The van der Waals surface area contributed by atoms with Crippen molar-refractivity contribution in [3.63, 3.8) is 0 Å². The van der Waals surface area contributed by atoms with Crippen LogP contribution >= 0.6 is 0 Å². The van der Waals surface area contributed by atoms with Crippen LogP contribution in [0.2, 0.25) is 0 Å². The average Bonchev–Trinajstić information content (AvgIpc) is 2.09. The van der Waals surface area contributed by atoms with Gasteiger partial charge in [0.05, 0.1) is 5.41 Å². The van der Waals surface area contributed by atoms with E-state index >= 15 is 0 Å². The minimum absolute atomic E-state index is 0.561. The molecule has 1 rings (SSSR count). The Morgan fingerprint density at radius 3 is 2.31 bits per heavy atom. The summed E-state index contributed by atoms with van der Waals surface area (Å²) in [4.78, 5) is 0. The summed E-state index contributed by atoms with van der Waals surface area (Å²) in [7, 11) is 0. The highest BCUT2D eigenvalue weighted by Crippen LogP contribution is 2.23. The monoisotopic (exact) mass is 180 g/mol. The van der Waals surface area contributed by atoms with E-state index in [4.69, 9.17) is 6.42 Å². The van der Waals surface area contributed by atoms with Crippen molar-refractivity contribution in [2.24, 2.45) is 0 Å². The summed E-state index contributed by atoms with van der Waals surface area (Å²) in [5, 5.41) is 0. The predicted molar refractivity (Wildman–Crippen MR) is 48.2 cm³/mol. The molecule has 0 atom stereocenters. The zero-order valence-corrected chi connectivity index (χ0v) is 7.57. The largest absolute Gasteiger partial charge is 0.204 e. The first-order valence-electron chi connectivity index (χ1n) is 3.90. The van der Waals surface area contributed by atoms with E-state index < -0.39 is 17.0 Å². The molecule has 0 aliphatic heterocycles. The minimum Gasteiger partial charge on any atom is -0.204 e. The second-order valence-electron chi connectivity index (χ2n) is 3.40. The fourth-order valence-electron chi connectivity index (χ4n) is 0.968. The fraction of sp³-hybridized carbons (Fsp3) is 0.273. The number of halogens is 2. The van der Waals surface area contributed by atoms with Crippen LogP contribution in [0, 0.1) is 24.0 Å². The van der Waals surface area contributed by atoms with Crippen LogP contribution in [0.3, 0.4) is 0 Å². The van der Waals surface area contributed by atoms with E-state index in [2.05, 4.69) is 5.92 Å². The van der Waals surface area contributed by atoms with E-state index in [0.29, 0.717) is 5.56 Å². The summed E-state index contributed by atoms with van der Waals surface area (Å²) in [5.74, 6) is 0.804. The Balaban J connectivity index is 3.20. The molecule has 0 saturated carbocycles. The third-order valence-electron chi connectivity index (χ3n) is 2.00. The van der Waals surface area contributed by atoms with Crippen molar-refractivity contribution < 1.29 is 8.78 Å². The first-order chi connectivity index (χ1) is 5.97. The van der Waals surface area contributed by atoms with Gasteiger partial charge in [-0.25, -0.2) is 8.78 Å². The zero-order chi connectivity index (χ0) is 10.1.